The van der Waals surface area contributed by atoms with E-state index in [-0.39, 0.29) is 0 Å². The summed E-state index contributed by atoms with van der Waals surface area (Å²) < 4.78 is 7.38. The molecule has 0 saturated heterocycles. The van der Waals surface area contributed by atoms with E-state index in [4.69, 9.17) is 4.74 Å². The third-order valence-corrected chi connectivity index (χ3v) is 3.67. The van der Waals surface area contributed by atoms with Crippen LogP contribution in [0.5, 0.6) is 5.75 Å². The van der Waals surface area contributed by atoms with Gasteiger partial charge in [0.05, 0.1) is 12.7 Å². The molecule has 3 nitrogen and oxygen atoms in total. The molecule has 0 aliphatic carbocycles. The number of aryl methyl sites for hydroxylation is 1. The van der Waals surface area contributed by atoms with Gasteiger partial charge in [0, 0.05) is 18.3 Å². The van der Waals surface area contributed by atoms with E-state index in [0.29, 0.717) is 11.3 Å². The van der Waals surface area contributed by atoms with Gasteiger partial charge < -0.3 is 9.30 Å². The Bertz CT molecular complexity index is 840. The molecule has 104 valence electrons. The summed E-state index contributed by atoms with van der Waals surface area (Å²) in [6.45, 7) is 2.84. The van der Waals surface area contributed by atoms with Crippen LogP contribution >= 0.6 is 0 Å². The Morgan fingerprint density at radius 2 is 2.00 bits per heavy atom. The van der Waals surface area contributed by atoms with Gasteiger partial charge in [-0.15, -0.1) is 0 Å². The molecule has 0 saturated carbocycles. The van der Waals surface area contributed by atoms with Gasteiger partial charge in [-0.2, -0.15) is 5.26 Å². The van der Waals surface area contributed by atoms with Crippen LogP contribution in [0, 0.1) is 18.3 Å². The summed E-state index contributed by atoms with van der Waals surface area (Å²) >= 11 is 0. The summed E-state index contributed by atoms with van der Waals surface area (Å²) in [6, 6.07) is 16.5. The second-order valence-corrected chi connectivity index (χ2v) is 5.15. The fraction of sp³-hybridized carbons (Fsp3) is 0.167. The Morgan fingerprint density at radius 1 is 1.14 bits per heavy atom. The lowest BCUT2D eigenvalue weighted by Crippen LogP contribution is -1.99. The van der Waals surface area contributed by atoms with Crippen molar-refractivity contribution in [1.82, 2.24) is 4.57 Å². The Morgan fingerprint density at radius 3 is 2.76 bits per heavy atom. The normalized spacial score (nSPS) is 10.5. The molecule has 2 aromatic carbocycles. The van der Waals surface area contributed by atoms with Crippen LogP contribution in [0.1, 0.15) is 16.7 Å². The van der Waals surface area contributed by atoms with Crippen molar-refractivity contribution in [1.29, 1.82) is 5.26 Å². The lowest BCUT2D eigenvalue weighted by molar-refractivity contribution is 0.413. The highest BCUT2D eigenvalue weighted by atomic mass is 16.5. The lowest BCUT2D eigenvalue weighted by atomic mass is 10.1. The molecule has 0 radical (unpaired) electrons. The second kappa shape index (κ2) is 5.34. The van der Waals surface area contributed by atoms with Crippen LogP contribution in [-0.2, 0) is 6.54 Å². The predicted octanol–water partition coefficient (Wildman–Crippen LogP) is 3.88. The van der Waals surface area contributed by atoms with Crippen molar-refractivity contribution in [3.63, 3.8) is 0 Å². The van der Waals surface area contributed by atoms with Crippen LogP contribution in [0.2, 0.25) is 0 Å². The van der Waals surface area contributed by atoms with E-state index in [1.807, 2.05) is 18.2 Å². The number of benzene rings is 2. The minimum absolute atomic E-state index is 0.572. The molecule has 3 heteroatoms. The van der Waals surface area contributed by atoms with Gasteiger partial charge in [0.2, 0.25) is 0 Å². The fourth-order valence-corrected chi connectivity index (χ4v) is 2.57. The average Bonchev–Trinajstić information content (AvgIpc) is 2.89. The number of hydrogen-bond acceptors (Lipinski definition) is 2. The number of nitrogens with zero attached hydrogens (tertiary/aromatic N) is 2. The van der Waals surface area contributed by atoms with Crippen LogP contribution in [-0.4, -0.2) is 11.7 Å². The monoisotopic (exact) mass is 276 g/mol. The number of hydrogen-bond donors (Lipinski definition) is 0. The van der Waals surface area contributed by atoms with Crippen LogP contribution < -0.4 is 4.74 Å². The summed E-state index contributed by atoms with van der Waals surface area (Å²) in [5, 5.41) is 10.4. The third-order valence-electron chi connectivity index (χ3n) is 3.67. The average molecular weight is 276 g/mol. The molecular weight excluding hydrogens is 260 g/mol. The molecule has 0 amide bonds. The Labute approximate surface area is 124 Å². The standard InChI is InChI=1S/C18H16N2O/c1-13-3-5-15-7-8-20(17(15)9-13)12-14-4-6-18(21-2)16(10-14)11-19/h3-10H,12H2,1-2H3. The first-order valence-corrected chi connectivity index (χ1v) is 6.84. The first-order chi connectivity index (χ1) is 10.2. The number of ether oxygens (including phenoxy) is 1. The lowest BCUT2D eigenvalue weighted by Gasteiger charge is -2.09. The number of methoxy groups -OCH3 is 1. The van der Waals surface area contributed by atoms with Gasteiger partial charge in [-0.3, -0.25) is 0 Å². The molecular formula is C18H16N2O. The third kappa shape index (κ3) is 2.48. The molecule has 1 heterocycles. The molecule has 0 bridgehead atoms. The molecule has 3 rings (SSSR count). The fourth-order valence-electron chi connectivity index (χ4n) is 2.57. The number of aromatic nitrogens is 1. The predicted molar refractivity (Wildman–Crippen MR) is 83.5 cm³/mol. The minimum Gasteiger partial charge on any atom is -0.495 e. The van der Waals surface area contributed by atoms with Crippen molar-refractivity contribution in [2.75, 3.05) is 7.11 Å². The van der Waals surface area contributed by atoms with Crippen LogP contribution in [0.15, 0.2) is 48.7 Å². The quantitative estimate of drug-likeness (QED) is 0.728. The van der Waals surface area contributed by atoms with Gasteiger partial charge in [-0.05, 0) is 47.7 Å². The first kappa shape index (κ1) is 13.3. The summed E-state index contributed by atoms with van der Waals surface area (Å²) in [7, 11) is 1.58. The van der Waals surface area contributed by atoms with Gasteiger partial charge in [0.25, 0.3) is 0 Å². The topological polar surface area (TPSA) is 38.0 Å². The van der Waals surface area contributed by atoms with Crippen molar-refractivity contribution >= 4 is 10.9 Å². The van der Waals surface area contributed by atoms with E-state index in [1.54, 1.807) is 7.11 Å². The Hall–Kier alpha value is -2.73. The maximum absolute atomic E-state index is 9.17. The first-order valence-electron chi connectivity index (χ1n) is 6.84. The summed E-state index contributed by atoms with van der Waals surface area (Å²) in [4.78, 5) is 0. The molecule has 0 unspecified atom stereocenters. The van der Waals surface area contributed by atoms with Crippen molar-refractivity contribution in [2.24, 2.45) is 0 Å². The zero-order valence-corrected chi connectivity index (χ0v) is 12.1. The second-order valence-electron chi connectivity index (χ2n) is 5.15. The Kier molecular flexibility index (Phi) is 3.37. The van der Waals surface area contributed by atoms with E-state index >= 15 is 0 Å². The van der Waals surface area contributed by atoms with Gasteiger partial charge in [-0.1, -0.05) is 18.2 Å². The van der Waals surface area contributed by atoms with E-state index in [9.17, 15) is 5.26 Å². The maximum Gasteiger partial charge on any atom is 0.136 e. The van der Waals surface area contributed by atoms with Gasteiger partial charge in [0.15, 0.2) is 0 Å². The molecule has 0 N–H and O–H groups in total. The molecule has 0 aliphatic heterocycles. The Balaban J connectivity index is 1.99. The molecule has 3 aromatic rings. The number of fused-ring (bicyclic) bond motifs is 1. The van der Waals surface area contributed by atoms with Gasteiger partial charge in [0.1, 0.15) is 11.8 Å². The molecule has 1 aromatic heterocycles. The van der Waals surface area contributed by atoms with Crippen molar-refractivity contribution in [3.8, 4) is 11.8 Å². The highest BCUT2D eigenvalue weighted by molar-refractivity contribution is 5.80. The molecule has 0 aliphatic rings. The van der Waals surface area contributed by atoms with Crippen LogP contribution in [0.3, 0.4) is 0 Å². The zero-order chi connectivity index (χ0) is 14.8. The van der Waals surface area contributed by atoms with Crippen molar-refractivity contribution < 1.29 is 4.74 Å². The maximum atomic E-state index is 9.17. The summed E-state index contributed by atoms with van der Waals surface area (Å²) in [5.41, 5.74) is 4.12. The summed E-state index contributed by atoms with van der Waals surface area (Å²) in [5.74, 6) is 0.620. The van der Waals surface area contributed by atoms with Crippen LogP contribution in [0.4, 0.5) is 0 Å². The van der Waals surface area contributed by atoms with Crippen molar-refractivity contribution in [3.05, 3.63) is 65.4 Å². The minimum atomic E-state index is 0.572. The number of rotatable bonds is 3. The zero-order valence-electron chi connectivity index (χ0n) is 12.1. The molecule has 0 atom stereocenters. The van der Waals surface area contributed by atoms with E-state index in [2.05, 4.69) is 48.0 Å². The SMILES string of the molecule is COc1ccc(Cn2ccc3ccc(C)cc32)cc1C#N. The molecule has 0 spiro atoms. The largest absolute Gasteiger partial charge is 0.495 e. The molecule has 0 fully saturated rings. The highest BCUT2D eigenvalue weighted by Crippen LogP contribution is 2.22. The smallest absolute Gasteiger partial charge is 0.136 e. The molecule has 21 heavy (non-hydrogen) atoms. The van der Waals surface area contributed by atoms with E-state index < -0.39 is 0 Å². The van der Waals surface area contributed by atoms with E-state index in [0.717, 1.165) is 12.1 Å². The number of nitriles is 1. The highest BCUT2D eigenvalue weighted by Gasteiger charge is 2.06. The van der Waals surface area contributed by atoms with E-state index in [1.165, 1.54) is 16.5 Å². The summed E-state index contributed by atoms with van der Waals surface area (Å²) in [6.07, 6.45) is 2.08. The van der Waals surface area contributed by atoms with Crippen molar-refractivity contribution in [2.45, 2.75) is 13.5 Å². The van der Waals surface area contributed by atoms with Gasteiger partial charge in [-0.25, -0.2) is 0 Å². The van der Waals surface area contributed by atoms with Gasteiger partial charge >= 0.3 is 0 Å². The van der Waals surface area contributed by atoms with Crippen LogP contribution in [0.25, 0.3) is 10.9 Å².